The second-order valence-corrected chi connectivity index (χ2v) is 13.4. The smallest absolute Gasteiger partial charge is 0.425 e. The van der Waals surface area contributed by atoms with E-state index < -0.39 is 64.9 Å². The van der Waals surface area contributed by atoms with Crippen molar-refractivity contribution in [3.63, 3.8) is 0 Å². The van der Waals surface area contributed by atoms with E-state index in [9.17, 15) is 32.3 Å². The average molecular weight is 679 g/mol. The topological polar surface area (TPSA) is 145 Å². The maximum atomic E-state index is 15.1. The van der Waals surface area contributed by atoms with E-state index in [4.69, 9.17) is 14.2 Å². The summed E-state index contributed by atoms with van der Waals surface area (Å²) in [5.41, 5.74) is -3.40. The molecule has 0 spiro atoms. The molecule has 1 aromatic carbocycles. The van der Waals surface area contributed by atoms with Crippen molar-refractivity contribution < 1.29 is 51.0 Å². The Morgan fingerprint density at radius 2 is 1.62 bits per heavy atom. The number of nitrogens with zero attached hydrogens (tertiary/aromatic N) is 5. The minimum atomic E-state index is -4.82. The van der Waals surface area contributed by atoms with Crippen LogP contribution in [-0.4, -0.2) is 67.5 Å². The van der Waals surface area contributed by atoms with Crippen LogP contribution < -0.4 is 15.0 Å². The molecule has 2 aliphatic heterocycles. The van der Waals surface area contributed by atoms with Crippen molar-refractivity contribution in [1.29, 1.82) is 0 Å². The molecule has 13 nitrogen and oxygen atoms in total. The van der Waals surface area contributed by atoms with E-state index in [-0.39, 0.29) is 40.3 Å². The monoisotopic (exact) mass is 678 g/mol. The number of fused-ring (bicyclic) bond motifs is 4. The van der Waals surface area contributed by atoms with Crippen molar-refractivity contribution in [1.82, 2.24) is 19.7 Å². The largest absolute Gasteiger partial charge is 0.487 e. The lowest BCUT2D eigenvalue weighted by atomic mass is 9.93. The minimum absolute atomic E-state index is 0.0108. The fourth-order valence-electron chi connectivity index (χ4n) is 5.55. The zero-order valence-electron chi connectivity index (χ0n) is 27.2. The number of aryl methyl sites for hydroxylation is 1. The summed E-state index contributed by atoms with van der Waals surface area (Å²) in [4.78, 5) is 59.4. The van der Waals surface area contributed by atoms with Crippen LogP contribution in [0, 0.1) is 5.82 Å². The van der Waals surface area contributed by atoms with Crippen LogP contribution in [0.25, 0.3) is 10.9 Å². The molecule has 4 heterocycles. The number of alkyl halides is 3. The van der Waals surface area contributed by atoms with E-state index in [0.29, 0.717) is 29.9 Å². The van der Waals surface area contributed by atoms with Crippen LogP contribution in [0.2, 0.25) is 0 Å². The highest BCUT2D eigenvalue weighted by molar-refractivity contribution is 6.40. The number of anilines is 2. The van der Waals surface area contributed by atoms with Gasteiger partial charge in [-0.05, 0) is 66.5 Å². The Bertz CT molecular complexity index is 1780. The number of benzene rings is 1. The highest BCUT2D eigenvalue weighted by atomic mass is 19.4. The normalized spacial score (nSPS) is 17.7. The molecule has 3 aromatic rings. The highest BCUT2D eigenvalue weighted by Crippen LogP contribution is 2.48. The molecule has 0 aliphatic carbocycles. The number of likely N-dealkylation sites (tertiary alicyclic amines) is 1. The molecule has 2 aliphatic rings. The Balaban J connectivity index is 1.46. The number of pyridine rings is 1. The predicted molar refractivity (Wildman–Crippen MR) is 162 cm³/mol. The third-order valence-electron chi connectivity index (χ3n) is 7.39. The quantitative estimate of drug-likeness (QED) is 0.260. The second kappa shape index (κ2) is 11.9. The Morgan fingerprint density at radius 3 is 2.21 bits per heavy atom. The van der Waals surface area contributed by atoms with Crippen molar-refractivity contribution in [3.8, 4) is 5.75 Å². The van der Waals surface area contributed by atoms with Crippen molar-refractivity contribution >= 4 is 46.4 Å². The van der Waals surface area contributed by atoms with E-state index >= 15 is 4.39 Å². The zero-order chi connectivity index (χ0) is 35.5. The molecule has 17 heteroatoms. The Hall–Kier alpha value is -4.96. The maximum absolute atomic E-state index is 15.1. The number of ether oxygens (including phenoxy) is 3. The summed E-state index contributed by atoms with van der Waals surface area (Å²) < 4.78 is 72.9. The number of carbonyl (C=O) groups excluding carboxylic acids is 4. The first-order valence-corrected chi connectivity index (χ1v) is 14.9. The lowest BCUT2D eigenvalue weighted by Crippen LogP contribution is -2.48. The average Bonchev–Trinajstić information content (AvgIpc) is 3.52. The van der Waals surface area contributed by atoms with Crippen LogP contribution in [0.5, 0.6) is 5.75 Å². The Kier molecular flexibility index (Phi) is 8.54. The summed E-state index contributed by atoms with van der Waals surface area (Å²) in [6.45, 7) is 9.65. The molecule has 0 radical (unpaired) electrons. The summed E-state index contributed by atoms with van der Waals surface area (Å²) in [7, 11) is 1.50. The van der Waals surface area contributed by atoms with Crippen LogP contribution in [0.4, 0.5) is 38.7 Å². The highest BCUT2D eigenvalue weighted by Gasteiger charge is 2.47. The third kappa shape index (κ3) is 6.71. The van der Waals surface area contributed by atoms with Gasteiger partial charge >= 0.3 is 30.2 Å². The molecule has 2 atom stereocenters. The van der Waals surface area contributed by atoms with Crippen LogP contribution in [0.3, 0.4) is 0 Å². The van der Waals surface area contributed by atoms with Gasteiger partial charge in [0.05, 0.1) is 29.2 Å². The molecule has 4 amide bonds. The molecule has 2 aromatic heterocycles. The van der Waals surface area contributed by atoms with E-state index in [1.165, 1.54) is 17.9 Å². The van der Waals surface area contributed by atoms with Crippen LogP contribution in [0.15, 0.2) is 24.5 Å². The van der Waals surface area contributed by atoms with E-state index in [0.717, 1.165) is 11.1 Å². The first-order valence-electron chi connectivity index (χ1n) is 14.9. The molecule has 5 rings (SSSR count). The first-order chi connectivity index (χ1) is 22.2. The number of piperidine rings is 1. The number of halogens is 4. The van der Waals surface area contributed by atoms with Crippen LogP contribution in [0.1, 0.15) is 71.6 Å². The summed E-state index contributed by atoms with van der Waals surface area (Å²) in [6.07, 6.45) is -4.78. The lowest BCUT2D eigenvalue weighted by molar-refractivity contribution is -0.147. The van der Waals surface area contributed by atoms with Gasteiger partial charge in [0.1, 0.15) is 40.4 Å². The Morgan fingerprint density at radius 1 is 1.00 bits per heavy atom. The SMILES string of the molecule is Cn1ncc2c(NC(=O)C(=O)N3CCC[C@@H]4Oc5cc(C(F)(F)F)cc(F)c5[C@@H]43)cnc(N(C(=O)OC(C)(C)C)C(=O)OC(C)(C)C)c21. The molecule has 1 saturated heterocycles. The summed E-state index contributed by atoms with van der Waals surface area (Å²) in [6, 6.07) is -0.111. The van der Waals surface area contributed by atoms with E-state index in [2.05, 4.69) is 15.4 Å². The van der Waals surface area contributed by atoms with E-state index in [1.807, 2.05) is 0 Å². The van der Waals surface area contributed by atoms with Gasteiger partial charge in [-0.15, -0.1) is 0 Å². The summed E-state index contributed by atoms with van der Waals surface area (Å²) in [5.74, 6) is -4.03. The van der Waals surface area contributed by atoms with Gasteiger partial charge in [0.15, 0.2) is 5.82 Å². The predicted octanol–water partition coefficient (Wildman–Crippen LogP) is 5.87. The molecule has 258 valence electrons. The Labute approximate surface area is 272 Å². The van der Waals surface area contributed by atoms with Gasteiger partial charge in [-0.1, -0.05) is 0 Å². The summed E-state index contributed by atoms with van der Waals surface area (Å²) in [5, 5.41) is 6.81. The van der Waals surface area contributed by atoms with Crippen molar-refractivity contribution in [2.45, 2.75) is 83.9 Å². The van der Waals surface area contributed by atoms with Crippen molar-refractivity contribution in [2.24, 2.45) is 7.05 Å². The molecule has 0 bridgehead atoms. The molecular weight excluding hydrogens is 644 g/mol. The molecule has 1 N–H and O–H groups in total. The number of amides is 4. The standard InChI is InChI=1S/C31H34F4N6O7/c1-29(2,3)47-27(44)41(28(45)48-30(4,5)6)24-22-16(13-37-39(22)7)18(14-36-24)38-25(42)26(43)40-10-8-9-19-23(40)21-17(32)11-15(31(33,34)35)12-20(21)46-19/h11-14,19,23H,8-10H2,1-7H3,(H,38,42)/t19-,23+/m0/s1. The van der Waals surface area contributed by atoms with Gasteiger partial charge in [-0.2, -0.15) is 23.2 Å². The van der Waals surface area contributed by atoms with E-state index in [1.54, 1.807) is 41.5 Å². The van der Waals surface area contributed by atoms with Crippen molar-refractivity contribution in [3.05, 3.63) is 41.5 Å². The number of carbonyl (C=O) groups is 4. The zero-order valence-corrected chi connectivity index (χ0v) is 27.2. The number of imide groups is 1. The summed E-state index contributed by atoms with van der Waals surface area (Å²) >= 11 is 0. The first kappa shape index (κ1) is 34.4. The van der Waals surface area contributed by atoms with Gasteiger partial charge in [0.2, 0.25) is 0 Å². The molecule has 0 saturated carbocycles. The molecule has 48 heavy (non-hydrogen) atoms. The fourth-order valence-corrected chi connectivity index (χ4v) is 5.55. The molecule has 0 unspecified atom stereocenters. The molecular formula is C31H34F4N6O7. The van der Waals surface area contributed by atoms with Crippen LogP contribution in [-0.2, 0) is 32.3 Å². The number of aromatic nitrogens is 3. The van der Waals surface area contributed by atoms with Gasteiger partial charge in [-0.3, -0.25) is 14.3 Å². The number of nitrogens with one attached hydrogen (secondary N) is 1. The fraction of sp³-hybridized carbons (Fsp3) is 0.484. The van der Waals surface area contributed by atoms with Gasteiger partial charge < -0.3 is 24.4 Å². The number of rotatable bonds is 2. The minimum Gasteiger partial charge on any atom is -0.487 e. The van der Waals surface area contributed by atoms with Crippen LogP contribution >= 0.6 is 0 Å². The van der Waals surface area contributed by atoms with Crippen molar-refractivity contribution in [2.75, 3.05) is 16.8 Å². The second-order valence-electron chi connectivity index (χ2n) is 13.4. The number of hydrogen-bond donors (Lipinski definition) is 1. The number of hydrogen-bond acceptors (Lipinski definition) is 9. The van der Waals surface area contributed by atoms with Gasteiger partial charge in [-0.25, -0.2) is 19.0 Å². The lowest BCUT2D eigenvalue weighted by Gasteiger charge is -2.36. The van der Waals surface area contributed by atoms with Gasteiger partial charge in [0.25, 0.3) is 0 Å². The van der Waals surface area contributed by atoms with Gasteiger partial charge in [0, 0.05) is 19.0 Å². The molecule has 1 fully saturated rings. The third-order valence-corrected chi connectivity index (χ3v) is 7.39. The maximum Gasteiger partial charge on any atom is 0.425 e.